The van der Waals surface area contributed by atoms with Crippen molar-refractivity contribution in [2.75, 3.05) is 24.7 Å². The molecule has 0 atom stereocenters. The number of thioether (sulfide) groups is 1. The maximum Gasteiger partial charge on any atom is 0.0541 e. The predicted molar refractivity (Wildman–Crippen MR) is 65.0 cm³/mol. The number of aliphatic hydroxyl groups is 1. The van der Waals surface area contributed by atoms with E-state index in [9.17, 15) is 0 Å². The van der Waals surface area contributed by atoms with Crippen LogP contribution in [0.15, 0.2) is 24.4 Å². The topological polar surface area (TPSA) is 45.1 Å². The van der Waals surface area contributed by atoms with Crippen molar-refractivity contribution in [3.63, 3.8) is 0 Å². The number of hydrogen-bond donors (Lipinski definition) is 2. The second-order valence-corrected chi connectivity index (χ2v) is 4.41. The van der Waals surface area contributed by atoms with Crippen LogP contribution in [-0.4, -0.2) is 34.7 Å². The lowest BCUT2D eigenvalue weighted by Crippen LogP contribution is -2.17. The fraction of sp³-hybridized carbons (Fsp3) is 0.545. The van der Waals surface area contributed by atoms with Crippen LogP contribution in [0.5, 0.6) is 0 Å². The van der Waals surface area contributed by atoms with E-state index < -0.39 is 0 Å². The zero-order valence-corrected chi connectivity index (χ0v) is 9.67. The van der Waals surface area contributed by atoms with Gasteiger partial charge in [-0.05, 0) is 24.3 Å². The van der Waals surface area contributed by atoms with Crippen LogP contribution >= 0.6 is 11.8 Å². The molecule has 0 saturated carbocycles. The summed E-state index contributed by atoms with van der Waals surface area (Å²) >= 11 is 1.87. The standard InChI is InChI=1S/C11H18N2OS/c14-7-3-8-15-9-6-12-10-11-4-1-2-5-13-11/h1-2,4-5,12,14H,3,6-10H2. The van der Waals surface area contributed by atoms with Gasteiger partial charge in [0.05, 0.1) is 5.69 Å². The van der Waals surface area contributed by atoms with E-state index in [-0.39, 0.29) is 0 Å². The highest BCUT2D eigenvalue weighted by atomic mass is 32.2. The Morgan fingerprint density at radius 2 is 2.27 bits per heavy atom. The van der Waals surface area contributed by atoms with Crippen LogP contribution in [-0.2, 0) is 6.54 Å². The molecular formula is C11H18N2OS. The number of hydrogen-bond acceptors (Lipinski definition) is 4. The quantitative estimate of drug-likeness (QED) is 0.656. The van der Waals surface area contributed by atoms with Gasteiger partial charge in [0.25, 0.3) is 0 Å². The predicted octanol–water partition coefficient (Wildman–Crippen LogP) is 1.29. The minimum atomic E-state index is 0.300. The van der Waals surface area contributed by atoms with Gasteiger partial charge in [-0.1, -0.05) is 6.07 Å². The monoisotopic (exact) mass is 226 g/mol. The van der Waals surface area contributed by atoms with Gasteiger partial charge >= 0.3 is 0 Å². The van der Waals surface area contributed by atoms with Gasteiger partial charge in [-0.25, -0.2) is 0 Å². The van der Waals surface area contributed by atoms with E-state index in [1.807, 2.05) is 36.2 Å². The molecule has 0 radical (unpaired) electrons. The number of aliphatic hydroxyl groups excluding tert-OH is 1. The summed E-state index contributed by atoms with van der Waals surface area (Å²) in [4.78, 5) is 4.22. The van der Waals surface area contributed by atoms with Crippen molar-refractivity contribution in [2.45, 2.75) is 13.0 Å². The molecule has 4 heteroatoms. The maximum atomic E-state index is 8.58. The van der Waals surface area contributed by atoms with Gasteiger partial charge in [0, 0.05) is 31.6 Å². The second kappa shape index (κ2) is 8.71. The summed E-state index contributed by atoms with van der Waals surface area (Å²) in [5, 5.41) is 11.9. The summed E-state index contributed by atoms with van der Waals surface area (Å²) in [6.45, 7) is 2.13. The summed E-state index contributed by atoms with van der Waals surface area (Å²) in [7, 11) is 0. The van der Waals surface area contributed by atoms with Crippen molar-refractivity contribution < 1.29 is 5.11 Å². The lowest BCUT2D eigenvalue weighted by atomic mass is 10.3. The molecule has 0 saturated heterocycles. The minimum absolute atomic E-state index is 0.300. The normalized spacial score (nSPS) is 10.5. The summed E-state index contributed by atoms with van der Waals surface area (Å²) in [6, 6.07) is 5.94. The third-order valence-corrected chi connectivity index (χ3v) is 2.97. The van der Waals surface area contributed by atoms with Crippen molar-refractivity contribution in [1.82, 2.24) is 10.3 Å². The largest absolute Gasteiger partial charge is 0.396 e. The molecule has 0 aliphatic heterocycles. The Morgan fingerprint density at radius 1 is 1.33 bits per heavy atom. The molecule has 0 aliphatic rings. The highest BCUT2D eigenvalue weighted by Crippen LogP contribution is 2.00. The van der Waals surface area contributed by atoms with Crippen LogP contribution in [0, 0.1) is 0 Å². The van der Waals surface area contributed by atoms with Crippen LogP contribution in [0.2, 0.25) is 0 Å². The third kappa shape index (κ3) is 6.49. The number of pyridine rings is 1. The molecule has 1 heterocycles. The van der Waals surface area contributed by atoms with Gasteiger partial charge in [-0.15, -0.1) is 0 Å². The Hall–Kier alpha value is -0.580. The third-order valence-electron chi connectivity index (χ3n) is 1.90. The van der Waals surface area contributed by atoms with E-state index in [4.69, 9.17) is 5.11 Å². The van der Waals surface area contributed by atoms with Crippen molar-refractivity contribution in [2.24, 2.45) is 0 Å². The average molecular weight is 226 g/mol. The summed E-state index contributed by atoms with van der Waals surface area (Å²) in [6.07, 6.45) is 2.71. The van der Waals surface area contributed by atoms with Crippen LogP contribution < -0.4 is 5.32 Å². The molecule has 0 spiro atoms. The lowest BCUT2D eigenvalue weighted by Gasteiger charge is -2.03. The first kappa shape index (κ1) is 12.5. The van der Waals surface area contributed by atoms with E-state index in [0.717, 1.165) is 36.7 Å². The second-order valence-electron chi connectivity index (χ2n) is 3.19. The SMILES string of the molecule is OCCCSCCNCc1ccccn1. The fourth-order valence-electron chi connectivity index (χ4n) is 1.13. The molecule has 1 aromatic heterocycles. The fourth-order valence-corrected chi connectivity index (χ4v) is 1.96. The van der Waals surface area contributed by atoms with Gasteiger partial charge in [0.1, 0.15) is 0 Å². The first-order valence-corrected chi connectivity index (χ1v) is 6.38. The zero-order chi connectivity index (χ0) is 10.8. The van der Waals surface area contributed by atoms with Crippen molar-refractivity contribution in [3.05, 3.63) is 30.1 Å². The van der Waals surface area contributed by atoms with E-state index in [1.165, 1.54) is 0 Å². The van der Waals surface area contributed by atoms with Gasteiger partial charge in [0.15, 0.2) is 0 Å². The summed E-state index contributed by atoms with van der Waals surface area (Å²) in [5.74, 6) is 2.13. The van der Waals surface area contributed by atoms with Crippen LogP contribution in [0.25, 0.3) is 0 Å². The van der Waals surface area contributed by atoms with Gasteiger partial charge < -0.3 is 10.4 Å². The number of nitrogens with zero attached hydrogens (tertiary/aromatic N) is 1. The van der Waals surface area contributed by atoms with E-state index in [2.05, 4.69) is 10.3 Å². The van der Waals surface area contributed by atoms with Crippen molar-refractivity contribution in [3.8, 4) is 0 Å². The molecular weight excluding hydrogens is 208 g/mol. The Bertz CT molecular complexity index is 244. The molecule has 0 unspecified atom stereocenters. The molecule has 3 nitrogen and oxygen atoms in total. The smallest absolute Gasteiger partial charge is 0.0541 e. The van der Waals surface area contributed by atoms with Crippen molar-refractivity contribution in [1.29, 1.82) is 0 Å². The molecule has 0 amide bonds. The van der Waals surface area contributed by atoms with Crippen LogP contribution in [0.3, 0.4) is 0 Å². The first-order chi connectivity index (χ1) is 7.43. The average Bonchev–Trinajstić information content (AvgIpc) is 2.29. The lowest BCUT2D eigenvalue weighted by molar-refractivity contribution is 0.296. The molecule has 84 valence electrons. The molecule has 1 rings (SSSR count). The molecule has 2 N–H and O–H groups in total. The minimum Gasteiger partial charge on any atom is -0.396 e. The Kier molecular flexibility index (Phi) is 7.25. The van der Waals surface area contributed by atoms with Crippen molar-refractivity contribution >= 4 is 11.8 Å². The highest BCUT2D eigenvalue weighted by molar-refractivity contribution is 7.99. The van der Waals surface area contributed by atoms with Gasteiger partial charge in [0.2, 0.25) is 0 Å². The molecule has 1 aromatic rings. The number of aromatic nitrogens is 1. The maximum absolute atomic E-state index is 8.58. The summed E-state index contributed by atoms with van der Waals surface area (Å²) < 4.78 is 0. The van der Waals surface area contributed by atoms with E-state index in [1.54, 1.807) is 0 Å². The molecule has 0 aliphatic carbocycles. The van der Waals surface area contributed by atoms with Crippen LogP contribution in [0.4, 0.5) is 0 Å². The number of rotatable bonds is 8. The van der Waals surface area contributed by atoms with Gasteiger partial charge in [-0.3, -0.25) is 4.98 Å². The Balaban J connectivity index is 1.93. The molecule has 0 fully saturated rings. The Morgan fingerprint density at radius 3 is 3.00 bits per heavy atom. The number of nitrogens with one attached hydrogen (secondary N) is 1. The van der Waals surface area contributed by atoms with E-state index >= 15 is 0 Å². The molecule has 15 heavy (non-hydrogen) atoms. The Labute approximate surface area is 95.3 Å². The van der Waals surface area contributed by atoms with Crippen LogP contribution in [0.1, 0.15) is 12.1 Å². The van der Waals surface area contributed by atoms with E-state index in [0.29, 0.717) is 6.61 Å². The molecule has 0 aromatic carbocycles. The van der Waals surface area contributed by atoms with Gasteiger partial charge in [-0.2, -0.15) is 11.8 Å². The zero-order valence-electron chi connectivity index (χ0n) is 8.85. The summed E-state index contributed by atoms with van der Waals surface area (Å²) in [5.41, 5.74) is 1.08. The first-order valence-electron chi connectivity index (χ1n) is 5.22. The molecule has 0 bridgehead atoms. The highest BCUT2D eigenvalue weighted by Gasteiger charge is 1.92.